The Morgan fingerprint density at radius 2 is 1.73 bits per heavy atom. The minimum absolute atomic E-state index is 0.0637. The van der Waals surface area contributed by atoms with Crippen LogP contribution in [0.5, 0.6) is 5.75 Å². The van der Waals surface area contributed by atoms with Gasteiger partial charge in [0.05, 0.1) is 7.11 Å². The molecule has 33 heavy (non-hydrogen) atoms. The fourth-order valence-corrected chi connectivity index (χ4v) is 5.56. The smallest absolute Gasteiger partial charge is 0.246 e. The van der Waals surface area contributed by atoms with Crippen LogP contribution in [0.15, 0.2) is 59.5 Å². The first kappa shape index (κ1) is 23.1. The summed E-state index contributed by atoms with van der Waals surface area (Å²) >= 11 is 0. The van der Waals surface area contributed by atoms with E-state index < -0.39 is 26.6 Å². The van der Waals surface area contributed by atoms with Gasteiger partial charge < -0.3 is 10.1 Å². The Balaban J connectivity index is 1.35. The number of hydrogen-bond donors (Lipinski definition) is 1. The number of halogens is 2. The van der Waals surface area contributed by atoms with Crippen LogP contribution < -0.4 is 10.1 Å². The van der Waals surface area contributed by atoms with Crippen molar-refractivity contribution in [1.29, 1.82) is 0 Å². The molecule has 3 aromatic rings. The fourth-order valence-electron chi connectivity index (χ4n) is 4.02. The quantitative estimate of drug-likeness (QED) is 0.589. The summed E-state index contributed by atoms with van der Waals surface area (Å²) in [5.74, 6) is -1.54. The number of nitrogens with one attached hydrogen (secondary N) is 1. The number of nitrogens with zero attached hydrogens (tertiary/aromatic N) is 1. The number of carbonyl (C=O) groups excluding carboxylic acids is 1. The van der Waals surface area contributed by atoms with E-state index in [9.17, 15) is 22.0 Å². The lowest BCUT2D eigenvalue weighted by Crippen LogP contribution is -2.43. The molecule has 1 N–H and O–H groups in total. The Hall–Kier alpha value is -3.04. The molecule has 6 nitrogen and oxygen atoms in total. The lowest BCUT2D eigenvalue weighted by atomic mass is 9.97. The summed E-state index contributed by atoms with van der Waals surface area (Å²) < 4.78 is 59.2. The number of benzene rings is 3. The molecule has 0 aliphatic carbocycles. The number of amides is 1. The Morgan fingerprint density at radius 1 is 1.03 bits per heavy atom. The lowest BCUT2D eigenvalue weighted by molar-refractivity contribution is -0.126. The van der Waals surface area contributed by atoms with Crippen LogP contribution >= 0.6 is 0 Å². The molecule has 0 bridgehead atoms. The van der Waals surface area contributed by atoms with Crippen LogP contribution in [-0.4, -0.2) is 38.8 Å². The van der Waals surface area contributed by atoms with Crippen LogP contribution in [-0.2, 0) is 21.4 Å². The van der Waals surface area contributed by atoms with Gasteiger partial charge in [-0.05, 0) is 65.6 Å². The van der Waals surface area contributed by atoms with Crippen LogP contribution in [0.4, 0.5) is 8.78 Å². The van der Waals surface area contributed by atoms with Gasteiger partial charge in [0.2, 0.25) is 15.9 Å². The van der Waals surface area contributed by atoms with Crippen molar-refractivity contribution in [2.45, 2.75) is 24.3 Å². The topological polar surface area (TPSA) is 75.7 Å². The predicted octanol–water partition coefficient (Wildman–Crippen LogP) is 3.84. The van der Waals surface area contributed by atoms with E-state index in [2.05, 4.69) is 5.32 Å². The fraction of sp³-hybridized carbons (Fsp3) is 0.292. The van der Waals surface area contributed by atoms with Crippen molar-refractivity contribution in [3.8, 4) is 5.75 Å². The highest BCUT2D eigenvalue weighted by molar-refractivity contribution is 7.89. The van der Waals surface area contributed by atoms with E-state index >= 15 is 0 Å². The second kappa shape index (κ2) is 9.44. The summed E-state index contributed by atoms with van der Waals surface area (Å²) in [6, 6.07) is 14.0. The maximum atomic E-state index is 14.0. The van der Waals surface area contributed by atoms with Crippen LogP contribution in [0.2, 0.25) is 0 Å². The average molecular weight is 475 g/mol. The molecule has 4 rings (SSSR count). The second-order valence-corrected chi connectivity index (χ2v) is 9.92. The van der Waals surface area contributed by atoms with Crippen molar-refractivity contribution in [2.75, 3.05) is 20.2 Å². The average Bonchev–Trinajstić information content (AvgIpc) is 2.83. The van der Waals surface area contributed by atoms with Gasteiger partial charge in [0, 0.05) is 25.6 Å². The van der Waals surface area contributed by atoms with Gasteiger partial charge in [0.1, 0.15) is 22.3 Å². The largest absolute Gasteiger partial charge is 0.497 e. The highest BCUT2D eigenvalue weighted by Gasteiger charge is 2.33. The van der Waals surface area contributed by atoms with E-state index in [0.29, 0.717) is 25.5 Å². The highest BCUT2D eigenvalue weighted by Crippen LogP contribution is 2.26. The van der Waals surface area contributed by atoms with E-state index in [4.69, 9.17) is 4.74 Å². The number of fused-ring (bicyclic) bond motifs is 1. The summed E-state index contributed by atoms with van der Waals surface area (Å²) in [7, 11) is -2.55. The number of methoxy groups -OCH3 is 1. The molecule has 0 spiro atoms. The van der Waals surface area contributed by atoms with Crippen molar-refractivity contribution in [3.05, 3.63) is 71.8 Å². The summed E-state index contributed by atoms with van der Waals surface area (Å²) in [6.45, 7) is 0.482. The summed E-state index contributed by atoms with van der Waals surface area (Å²) in [5, 5.41) is 4.98. The van der Waals surface area contributed by atoms with Gasteiger partial charge in [0.25, 0.3) is 0 Å². The van der Waals surface area contributed by atoms with E-state index in [-0.39, 0.29) is 24.9 Å². The molecule has 1 heterocycles. The molecule has 0 aromatic heterocycles. The molecule has 0 unspecified atom stereocenters. The third-order valence-electron chi connectivity index (χ3n) is 5.91. The number of hydrogen-bond acceptors (Lipinski definition) is 4. The first-order valence-corrected chi connectivity index (χ1v) is 12.0. The van der Waals surface area contributed by atoms with Gasteiger partial charge in [-0.1, -0.05) is 18.2 Å². The summed E-state index contributed by atoms with van der Waals surface area (Å²) in [6.07, 6.45) is 0.610. The number of carbonyl (C=O) groups is 1. The second-order valence-electron chi connectivity index (χ2n) is 8.02. The van der Waals surface area contributed by atoms with E-state index in [1.807, 2.05) is 36.4 Å². The molecule has 174 valence electrons. The molecule has 0 saturated carbocycles. The molecular formula is C24H24F2N2O4S. The first-order chi connectivity index (χ1) is 15.8. The van der Waals surface area contributed by atoms with Crippen LogP contribution in [0.1, 0.15) is 18.4 Å². The van der Waals surface area contributed by atoms with Crippen LogP contribution in [0, 0.1) is 17.6 Å². The molecule has 1 aliphatic rings. The standard InChI is InChI=1S/C24H24F2N2O4S/c1-32-21-6-4-18-12-16(2-3-19(18)13-21)15-27-24(29)17-8-10-28(11-9-17)33(30,31)23-14-20(25)5-7-22(23)26/h2-7,12-14,17H,8-11,15H2,1H3,(H,27,29). The number of piperidine rings is 1. The van der Waals surface area contributed by atoms with E-state index in [0.717, 1.165) is 38.5 Å². The van der Waals surface area contributed by atoms with Gasteiger partial charge in [-0.3, -0.25) is 4.79 Å². The zero-order valence-corrected chi connectivity index (χ0v) is 18.9. The number of sulfonamides is 1. The van der Waals surface area contributed by atoms with Gasteiger partial charge in [0.15, 0.2) is 0 Å². The summed E-state index contributed by atoms with van der Waals surface area (Å²) in [4.78, 5) is 12.0. The normalized spacial score (nSPS) is 15.5. The van der Waals surface area contributed by atoms with Gasteiger partial charge in [-0.25, -0.2) is 17.2 Å². The van der Waals surface area contributed by atoms with Crippen LogP contribution in [0.3, 0.4) is 0 Å². The predicted molar refractivity (Wildman–Crippen MR) is 120 cm³/mol. The zero-order chi connectivity index (χ0) is 23.6. The van der Waals surface area contributed by atoms with E-state index in [1.54, 1.807) is 7.11 Å². The van der Waals surface area contributed by atoms with Crippen molar-refractivity contribution >= 4 is 26.7 Å². The van der Waals surface area contributed by atoms with Gasteiger partial charge >= 0.3 is 0 Å². The monoisotopic (exact) mass is 474 g/mol. The maximum Gasteiger partial charge on any atom is 0.246 e. The minimum atomic E-state index is -4.17. The Kier molecular flexibility index (Phi) is 6.62. The molecule has 1 fully saturated rings. The van der Waals surface area contributed by atoms with Crippen molar-refractivity contribution in [2.24, 2.45) is 5.92 Å². The third-order valence-corrected chi connectivity index (χ3v) is 7.83. The molecule has 1 amide bonds. The lowest BCUT2D eigenvalue weighted by Gasteiger charge is -2.30. The molecule has 0 atom stereocenters. The van der Waals surface area contributed by atoms with Crippen molar-refractivity contribution in [3.63, 3.8) is 0 Å². The maximum absolute atomic E-state index is 14.0. The summed E-state index contributed by atoms with van der Waals surface area (Å²) in [5.41, 5.74) is 0.947. The SMILES string of the molecule is COc1ccc2cc(CNC(=O)C3CCN(S(=O)(=O)c4cc(F)ccc4F)CC3)ccc2c1. The highest BCUT2D eigenvalue weighted by atomic mass is 32.2. The number of ether oxygens (including phenoxy) is 1. The van der Waals surface area contributed by atoms with Crippen molar-refractivity contribution < 1.29 is 26.7 Å². The molecule has 3 aromatic carbocycles. The van der Waals surface area contributed by atoms with Crippen molar-refractivity contribution in [1.82, 2.24) is 9.62 Å². The Bertz CT molecular complexity index is 1290. The van der Waals surface area contributed by atoms with E-state index in [1.165, 1.54) is 0 Å². The first-order valence-electron chi connectivity index (χ1n) is 10.6. The van der Waals surface area contributed by atoms with Crippen LogP contribution in [0.25, 0.3) is 10.8 Å². The molecule has 1 aliphatic heterocycles. The minimum Gasteiger partial charge on any atom is -0.497 e. The van der Waals surface area contributed by atoms with Gasteiger partial charge in [-0.2, -0.15) is 4.31 Å². The number of rotatable bonds is 6. The van der Waals surface area contributed by atoms with Gasteiger partial charge in [-0.15, -0.1) is 0 Å². The zero-order valence-electron chi connectivity index (χ0n) is 18.1. The molecule has 1 saturated heterocycles. The third kappa shape index (κ3) is 4.99. The Labute approximate surface area is 191 Å². The molecule has 9 heteroatoms. The Morgan fingerprint density at radius 3 is 2.45 bits per heavy atom. The molecular weight excluding hydrogens is 450 g/mol. The molecule has 0 radical (unpaired) electrons.